The van der Waals surface area contributed by atoms with Crippen molar-refractivity contribution in [3.8, 4) is 17.3 Å². The number of anilines is 2. The van der Waals surface area contributed by atoms with Gasteiger partial charge in [0.05, 0.1) is 23.0 Å². The van der Waals surface area contributed by atoms with Crippen LogP contribution in [0.1, 0.15) is 63.3 Å². The number of benzene rings is 1. The molecule has 3 aromatic heterocycles. The summed E-state index contributed by atoms with van der Waals surface area (Å²) in [6.07, 6.45) is 4.69. The Balaban J connectivity index is 1.26. The van der Waals surface area contributed by atoms with Crippen LogP contribution in [0.2, 0.25) is 0 Å². The topological polar surface area (TPSA) is 172 Å². The smallest absolute Gasteiger partial charge is 0.407 e. The first kappa shape index (κ1) is 31.6. The Morgan fingerprint density at radius 3 is 2.40 bits per heavy atom. The molecule has 5 rings (SSSR count). The zero-order chi connectivity index (χ0) is 32.4. The number of carbonyl (C=O) groups excluding carboxylic acids is 1. The molecule has 0 saturated heterocycles. The fraction of sp³-hybridized carbons (Fsp3) is 0.375. The van der Waals surface area contributed by atoms with Gasteiger partial charge in [0.15, 0.2) is 0 Å². The van der Waals surface area contributed by atoms with Crippen molar-refractivity contribution in [2.75, 3.05) is 10.0 Å². The Morgan fingerprint density at radius 2 is 1.71 bits per heavy atom. The molecule has 234 valence electrons. The van der Waals surface area contributed by atoms with Crippen LogP contribution in [0, 0.1) is 25.2 Å². The monoisotopic (exact) mass is 628 g/mol. The zero-order valence-electron chi connectivity index (χ0n) is 25.9. The van der Waals surface area contributed by atoms with Gasteiger partial charge in [-0.3, -0.25) is 4.72 Å². The first-order valence-electron chi connectivity index (χ1n) is 14.7. The number of carbonyl (C=O) groups is 1. The maximum Gasteiger partial charge on any atom is 0.407 e. The fourth-order valence-electron chi connectivity index (χ4n) is 5.30. The molecule has 4 aromatic rings. The van der Waals surface area contributed by atoms with Gasteiger partial charge in [0.25, 0.3) is 10.0 Å². The number of hydrogen-bond acceptors (Lipinski definition) is 10. The summed E-state index contributed by atoms with van der Waals surface area (Å²) in [6, 6.07) is 13.4. The molecule has 0 spiro atoms. The number of ether oxygens (including phenoxy) is 1. The molecular weight excluding hydrogens is 592 g/mol. The maximum absolute atomic E-state index is 12.9. The van der Waals surface area contributed by atoms with Gasteiger partial charge in [0.2, 0.25) is 5.95 Å². The van der Waals surface area contributed by atoms with Crippen molar-refractivity contribution in [2.45, 2.75) is 82.9 Å². The largest absolute Gasteiger partial charge is 0.444 e. The van der Waals surface area contributed by atoms with E-state index in [0.717, 1.165) is 42.3 Å². The SMILES string of the molecule is Cc1nc(NS(=O)(=O)c2ccccc2C#N)ccc1-c1cc(C)c2nc(NC3CCC(NC(=O)OC(C)(C)C)CC3)ncc2n1. The minimum atomic E-state index is -4.01. The lowest BCUT2D eigenvalue weighted by Crippen LogP contribution is -2.42. The molecule has 0 bridgehead atoms. The molecule has 1 aromatic carbocycles. The highest BCUT2D eigenvalue weighted by Gasteiger charge is 2.25. The summed E-state index contributed by atoms with van der Waals surface area (Å²) in [6.45, 7) is 9.27. The van der Waals surface area contributed by atoms with Gasteiger partial charge in [-0.1, -0.05) is 12.1 Å². The number of amides is 1. The molecule has 1 saturated carbocycles. The van der Waals surface area contributed by atoms with Crippen LogP contribution in [-0.2, 0) is 14.8 Å². The lowest BCUT2D eigenvalue weighted by Gasteiger charge is -2.30. The highest BCUT2D eigenvalue weighted by molar-refractivity contribution is 7.92. The summed E-state index contributed by atoms with van der Waals surface area (Å²) in [5, 5.41) is 15.7. The van der Waals surface area contributed by atoms with E-state index in [4.69, 9.17) is 14.7 Å². The third-order valence-corrected chi connectivity index (χ3v) is 8.83. The Bertz CT molecular complexity index is 1890. The van der Waals surface area contributed by atoms with Crippen LogP contribution in [-0.4, -0.2) is 52.1 Å². The number of hydrogen-bond donors (Lipinski definition) is 3. The van der Waals surface area contributed by atoms with E-state index >= 15 is 0 Å². The molecule has 12 nitrogen and oxygen atoms in total. The van der Waals surface area contributed by atoms with Gasteiger partial charge in [-0.05, 0) is 96.2 Å². The van der Waals surface area contributed by atoms with Crippen LogP contribution in [0.5, 0.6) is 0 Å². The number of sulfonamides is 1. The minimum absolute atomic E-state index is 0.0507. The number of alkyl carbamates (subject to hydrolysis) is 1. The normalized spacial score (nSPS) is 16.9. The molecule has 0 aliphatic heterocycles. The average molecular weight is 629 g/mol. The third kappa shape index (κ3) is 7.64. The summed E-state index contributed by atoms with van der Waals surface area (Å²) in [4.78, 5) is 30.5. The van der Waals surface area contributed by atoms with Crippen LogP contribution in [0.15, 0.2) is 53.6 Å². The van der Waals surface area contributed by atoms with E-state index in [9.17, 15) is 18.5 Å². The maximum atomic E-state index is 12.9. The molecule has 13 heteroatoms. The molecular formula is C32H36N8O4S. The second-order valence-electron chi connectivity index (χ2n) is 12.1. The zero-order valence-corrected chi connectivity index (χ0v) is 26.7. The van der Waals surface area contributed by atoms with Crippen molar-refractivity contribution in [3.63, 3.8) is 0 Å². The fourth-order valence-corrected chi connectivity index (χ4v) is 6.46. The number of aromatic nitrogens is 4. The van der Waals surface area contributed by atoms with Crippen molar-refractivity contribution in [1.82, 2.24) is 25.3 Å². The number of nitrogens with one attached hydrogen (secondary N) is 3. The first-order chi connectivity index (χ1) is 21.3. The van der Waals surface area contributed by atoms with Gasteiger partial charge in [0.1, 0.15) is 27.9 Å². The third-order valence-electron chi connectivity index (χ3n) is 7.42. The Hall–Kier alpha value is -4.83. The Labute approximate surface area is 262 Å². The van der Waals surface area contributed by atoms with Gasteiger partial charge in [0, 0.05) is 23.3 Å². The summed E-state index contributed by atoms with van der Waals surface area (Å²) in [5.74, 6) is 0.659. The summed E-state index contributed by atoms with van der Waals surface area (Å²) in [5.41, 5.74) is 3.75. The highest BCUT2D eigenvalue weighted by atomic mass is 32.2. The Kier molecular flexibility index (Phi) is 8.88. The second kappa shape index (κ2) is 12.6. The second-order valence-corrected chi connectivity index (χ2v) is 13.8. The molecule has 0 atom stereocenters. The van der Waals surface area contributed by atoms with Crippen LogP contribution >= 0.6 is 0 Å². The molecule has 1 fully saturated rings. The molecule has 45 heavy (non-hydrogen) atoms. The van der Waals surface area contributed by atoms with E-state index in [1.807, 2.05) is 39.8 Å². The van der Waals surface area contributed by atoms with Crippen molar-refractivity contribution in [1.29, 1.82) is 5.26 Å². The predicted octanol–water partition coefficient (Wildman–Crippen LogP) is 5.62. The van der Waals surface area contributed by atoms with Gasteiger partial charge >= 0.3 is 6.09 Å². The van der Waals surface area contributed by atoms with Crippen molar-refractivity contribution < 1.29 is 17.9 Å². The molecule has 0 unspecified atom stereocenters. The lowest BCUT2D eigenvalue weighted by molar-refractivity contribution is 0.0492. The lowest BCUT2D eigenvalue weighted by atomic mass is 9.91. The molecule has 1 amide bonds. The highest BCUT2D eigenvalue weighted by Crippen LogP contribution is 2.28. The van der Waals surface area contributed by atoms with Gasteiger partial charge in [-0.25, -0.2) is 33.1 Å². The first-order valence-corrected chi connectivity index (χ1v) is 16.2. The molecule has 3 N–H and O–H groups in total. The number of pyridine rings is 2. The van der Waals surface area contributed by atoms with Gasteiger partial charge < -0.3 is 15.4 Å². The van der Waals surface area contributed by atoms with Crippen LogP contribution in [0.25, 0.3) is 22.3 Å². The predicted molar refractivity (Wildman–Crippen MR) is 171 cm³/mol. The van der Waals surface area contributed by atoms with Crippen molar-refractivity contribution in [3.05, 3.63) is 65.5 Å². The van der Waals surface area contributed by atoms with Crippen molar-refractivity contribution in [2.24, 2.45) is 0 Å². The van der Waals surface area contributed by atoms with Gasteiger partial charge in [-0.2, -0.15) is 5.26 Å². The van der Waals surface area contributed by atoms with Crippen LogP contribution in [0.4, 0.5) is 16.6 Å². The number of rotatable bonds is 7. The number of nitriles is 1. The Morgan fingerprint density at radius 1 is 1.00 bits per heavy atom. The van der Waals surface area contributed by atoms with Gasteiger partial charge in [-0.15, -0.1) is 0 Å². The number of nitrogens with zero attached hydrogens (tertiary/aromatic N) is 5. The van der Waals surface area contributed by atoms with E-state index < -0.39 is 15.6 Å². The molecule has 1 aliphatic carbocycles. The summed E-state index contributed by atoms with van der Waals surface area (Å²) >= 11 is 0. The van der Waals surface area contributed by atoms with Crippen molar-refractivity contribution >= 4 is 38.9 Å². The van der Waals surface area contributed by atoms with E-state index in [1.54, 1.807) is 37.4 Å². The molecule has 3 heterocycles. The van der Waals surface area contributed by atoms with Crippen LogP contribution in [0.3, 0.4) is 0 Å². The number of aryl methyl sites for hydroxylation is 2. The van der Waals surface area contributed by atoms with E-state index in [1.165, 1.54) is 12.1 Å². The van der Waals surface area contributed by atoms with E-state index in [2.05, 4.69) is 25.3 Å². The minimum Gasteiger partial charge on any atom is -0.444 e. The molecule has 0 radical (unpaired) electrons. The molecule has 1 aliphatic rings. The average Bonchev–Trinajstić information content (AvgIpc) is 2.97. The van der Waals surface area contributed by atoms with E-state index in [0.29, 0.717) is 22.9 Å². The van der Waals surface area contributed by atoms with Crippen LogP contribution < -0.4 is 15.4 Å². The van der Waals surface area contributed by atoms with E-state index in [-0.39, 0.29) is 34.5 Å². The standard InChI is InChI=1S/C32H36N8O4S/c1-19-16-25(24-14-15-28(35-20(24)2)40-45(42,43)27-9-7-6-8-21(27)17-33)38-26-18-34-30(39-29(19)26)36-22-10-12-23(13-11-22)37-31(41)44-32(3,4)5/h6-9,14-16,18,22-23H,10-13H2,1-5H3,(H,35,40)(H,37,41)(H,34,36,39). The number of fused-ring (bicyclic) bond motifs is 1. The quantitative estimate of drug-likeness (QED) is 0.233. The summed E-state index contributed by atoms with van der Waals surface area (Å²) < 4.78 is 33.7. The summed E-state index contributed by atoms with van der Waals surface area (Å²) in [7, 11) is -4.01.